The lowest BCUT2D eigenvalue weighted by atomic mass is 9.89. The van der Waals surface area contributed by atoms with Gasteiger partial charge >= 0.3 is 4.87 Å². The molecular weight excluding hydrogens is 284 g/mol. The van der Waals surface area contributed by atoms with E-state index >= 15 is 0 Å². The average Bonchev–Trinajstić information content (AvgIpc) is 2.82. The van der Waals surface area contributed by atoms with Crippen LogP contribution in [0.15, 0.2) is 10.2 Å². The molecule has 5 heteroatoms. The third kappa shape index (κ3) is 3.76. The maximum atomic E-state index is 12.6. The largest absolute Gasteiger partial charge is 0.339 e. The second-order valence-corrected chi connectivity index (χ2v) is 6.90. The fourth-order valence-electron chi connectivity index (χ4n) is 3.16. The van der Waals surface area contributed by atoms with E-state index < -0.39 is 0 Å². The normalized spacial score (nSPS) is 20.5. The number of piperidine rings is 1. The number of hydrogen-bond acceptors (Lipinski definition) is 3. The zero-order valence-electron chi connectivity index (χ0n) is 13.3. The quantitative estimate of drug-likeness (QED) is 0.839. The van der Waals surface area contributed by atoms with Gasteiger partial charge in [-0.1, -0.05) is 31.6 Å². The molecule has 118 valence electrons. The van der Waals surface area contributed by atoms with E-state index in [1.807, 2.05) is 12.3 Å². The molecule has 21 heavy (non-hydrogen) atoms. The number of hydrogen-bond donors (Lipinski definition) is 0. The van der Waals surface area contributed by atoms with Crippen molar-refractivity contribution in [2.24, 2.45) is 5.92 Å². The minimum atomic E-state index is 0.0393. The molecule has 2 rings (SSSR count). The molecule has 1 aliphatic rings. The Hall–Kier alpha value is -1.10. The zero-order valence-corrected chi connectivity index (χ0v) is 14.1. The highest BCUT2D eigenvalue weighted by Crippen LogP contribution is 2.25. The molecular formula is C16H26N2O2S. The molecule has 1 saturated heterocycles. The van der Waals surface area contributed by atoms with E-state index in [0.29, 0.717) is 24.9 Å². The molecule has 0 aliphatic carbocycles. The van der Waals surface area contributed by atoms with Gasteiger partial charge in [0.25, 0.3) is 0 Å². The number of likely N-dealkylation sites (tertiary alicyclic amines) is 1. The summed E-state index contributed by atoms with van der Waals surface area (Å²) in [4.78, 5) is 26.4. The number of carbonyl (C=O) groups is 1. The minimum absolute atomic E-state index is 0.0393. The number of thiazole rings is 1. The van der Waals surface area contributed by atoms with Crippen molar-refractivity contribution in [1.29, 1.82) is 0 Å². The monoisotopic (exact) mass is 310 g/mol. The van der Waals surface area contributed by atoms with Crippen LogP contribution in [0.1, 0.15) is 51.6 Å². The van der Waals surface area contributed by atoms with Crippen LogP contribution in [-0.2, 0) is 11.3 Å². The molecule has 0 N–H and O–H groups in total. The number of carbonyl (C=O) groups excluding carboxylic acids is 1. The van der Waals surface area contributed by atoms with Crippen molar-refractivity contribution in [2.45, 2.75) is 65.5 Å². The van der Waals surface area contributed by atoms with E-state index in [-0.39, 0.29) is 10.8 Å². The van der Waals surface area contributed by atoms with Gasteiger partial charge in [-0.15, -0.1) is 0 Å². The van der Waals surface area contributed by atoms with Crippen LogP contribution in [0, 0.1) is 12.8 Å². The highest BCUT2D eigenvalue weighted by molar-refractivity contribution is 7.07. The molecule has 0 bridgehead atoms. The molecule has 1 amide bonds. The predicted octanol–water partition coefficient (Wildman–Crippen LogP) is 3.04. The highest BCUT2D eigenvalue weighted by Gasteiger charge is 2.29. The van der Waals surface area contributed by atoms with Crippen LogP contribution in [0.2, 0.25) is 0 Å². The Balaban J connectivity index is 1.99. The van der Waals surface area contributed by atoms with Crippen molar-refractivity contribution in [1.82, 2.24) is 9.47 Å². The Morgan fingerprint density at radius 3 is 2.86 bits per heavy atom. The molecule has 1 aromatic heterocycles. The molecule has 0 saturated carbocycles. The second-order valence-electron chi connectivity index (χ2n) is 6.08. The van der Waals surface area contributed by atoms with E-state index in [4.69, 9.17) is 0 Å². The van der Waals surface area contributed by atoms with Gasteiger partial charge in [-0.3, -0.25) is 9.59 Å². The molecule has 1 aliphatic heterocycles. The molecule has 2 atom stereocenters. The Kier molecular flexibility index (Phi) is 5.62. The van der Waals surface area contributed by atoms with Gasteiger partial charge in [0.1, 0.15) is 0 Å². The maximum Gasteiger partial charge on any atom is 0.307 e. The summed E-state index contributed by atoms with van der Waals surface area (Å²) in [5.41, 5.74) is 0.954. The van der Waals surface area contributed by atoms with Crippen molar-refractivity contribution in [3.63, 3.8) is 0 Å². The SMILES string of the molecule is CC[C@H](C)[C@@H]1CCCCN1C(=O)CCn1c(C)csc1=O. The minimum Gasteiger partial charge on any atom is -0.339 e. The first-order chi connectivity index (χ1) is 10.0. The topological polar surface area (TPSA) is 42.3 Å². The van der Waals surface area contributed by atoms with Crippen LogP contribution in [0.5, 0.6) is 0 Å². The maximum absolute atomic E-state index is 12.6. The number of amides is 1. The van der Waals surface area contributed by atoms with Gasteiger partial charge in [0, 0.05) is 36.6 Å². The van der Waals surface area contributed by atoms with Gasteiger partial charge in [-0.2, -0.15) is 0 Å². The first kappa shape index (κ1) is 16.3. The van der Waals surface area contributed by atoms with Gasteiger partial charge in [0.15, 0.2) is 0 Å². The second kappa shape index (κ2) is 7.25. The summed E-state index contributed by atoms with van der Waals surface area (Å²) in [6.45, 7) is 7.74. The van der Waals surface area contributed by atoms with E-state index in [2.05, 4.69) is 18.7 Å². The first-order valence-corrected chi connectivity index (χ1v) is 8.87. The summed E-state index contributed by atoms with van der Waals surface area (Å²) in [5, 5.41) is 1.86. The molecule has 0 radical (unpaired) electrons. The summed E-state index contributed by atoms with van der Waals surface area (Å²) < 4.78 is 1.71. The van der Waals surface area contributed by atoms with Crippen molar-refractivity contribution in [3.05, 3.63) is 20.7 Å². The Morgan fingerprint density at radius 2 is 2.24 bits per heavy atom. The third-order valence-corrected chi connectivity index (χ3v) is 5.58. The Bertz CT molecular complexity index is 535. The number of rotatable bonds is 5. The summed E-state index contributed by atoms with van der Waals surface area (Å²) >= 11 is 1.21. The van der Waals surface area contributed by atoms with E-state index in [0.717, 1.165) is 31.5 Å². The number of nitrogens with zero attached hydrogens (tertiary/aromatic N) is 2. The van der Waals surface area contributed by atoms with Gasteiger partial charge in [0.2, 0.25) is 5.91 Å². The van der Waals surface area contributed by atoms with E-state index in [9.17, 15) is 9.59 Å². The smallest absolute Gasteiger partial charge is 0.307 e. The number of aryl methyl sites for hydroxylation is 1. The van der Waals surface area contributed by atoms with Crippen LogP contribution in [0.4, 0.5) is 0 Å². The lowest BCUT2D eigenvalue weighted by Crippen LogP contribution is -2.47. The highest BCUT2D eigenvalue weighted by atomic mass is 32.1. The fourth-order valence-corrected chi connectivity index (χ4v) is 3.92. The van der Waals surface area contributed by atoms with Crippen LogP contribution in [0.3, 0.4) is 0 Å². The van der Waals surface area contributed by atoms with Gasteiger partial charge in [-0.25, -0.2) is 0 Å². The van der Waals surface area contributed by atoms with Crippen molar-refractivity contribution >= 4 is 17.2 Å². The summed E-state index contributed by atoms with van der Waals surface area (Å²) in [7, 11) is 0. The van der Waals surface area contributed by atoms with Crippen molar-refractivity contribution in [2.75, 3.05) is 6.54 Å². The molecule has 4 nitrogen and oxygen atoms in total. The molecule has 0 spiro atoms. The predicted molar refractivity (Wildman–Crippen MR) is 86.7 cm³/mol. The van der Waals surface area contributed by atoms with Crippen LogP contribution >= 0.6 is 11.3 Å². The summed E-state index contributed by atoms with van der Waals surface area (Å²) in [6.07, 6.45) is 5.00. The van der Waals surface area contributed by atoms with Crippen molar-refractivity contribution < 1.29 is 4.79 Å². The summed E-state index contributed by atoms with van der Waals surface area (Å²) in [6, 6.07) is 0.386. The third-order valence-electron chi connectivity index (χ3n) is 4.70. The zero-order chi connectivity index (χ0) is 15.4. The lowest BCUT2D eigenvalue weighted by Gasteiger charge is -2.39. The van der Waals surface area contributed by atoms with Gasteiger partial charge < -0.3 is 9.47 Å². The Labute approximate surface area is 130 Å². The molecule has 1 fully saturated rings. The van der Waals surface area contributed by atoms with Crippen LogP contribution in [-0.4, -0.2) is 28.0 Å². The molecule has 1 aromatic rings. The van der Waals surface area contributed by atoms with Crippen LogP contribution < -0.4 is 4.87 Å². The molecule has 0 aromatic carbocycles. The first-order valence-electron chi connectivity index (χ1n) is 7.99. The lowest BCUT2D eigenvalue weighted by molar-refractivity contribution is -0.136. The number of aromatic nitrogens is 1. The fraction of sp³-hybridized carbons (Fsp3) is 0.750. The molecule has 2 heterocycles. The van der Waals surface area contributed by atoms with Crippen molar-refractivity contribution in [3.8, 4) is 0 Å². The summed E-state index contributed by atoms with van der Waals surface area (Å²) in [5.74, 6) is 0.761. The van der Waals surface area contributed by atoms with Crippen LogP contribution in [0.25, 0.3) is 0 Å². The van der Waals surface area contributed by atoms with E-state index in [1.165, 1.54) is 17.8 Å². The average molecular weight is 310 g/mol. The van der Waals surface area contributed by atoms with Gasteiger partial charge in [0.05, 0.1) is 0 Å². The van der Waals surface area contributed by atoms with E-state index in [1.54, 1.807) is 4.57 Å². The van der Waals surface area contributed by atoms with Gasteiger partial charge in [-0.05, 0) is 32.1 Å². The molecule has 0 unspecified atom stereocenters. The standard InChI is InChI=1S/C16H26N2O2S/c1-4-12(2)14-7-5-6-9-18(14)15(19)8-10-17-13(3)11-21-16(17)20/h11-12,14H,4-10H2,1-3H3/t12-,14-/m0/s1. The Morgan fingerprint density at radius 1 is 1.48 bits per heavy atom.